The highest BCUT2D eigenvalue weighted by Crippen LogP contribution is 2.35. The Morgan fingerprint density at radius 1 is 1.38 bits per heavy atom. The Bertz CT molecular complexity index is 718. The summed E-state index contributed by atoms with van der Waals surface area (Å²) in [7, 11) is 0. The number of imide groups is 1. The summed E-state index contributed by atoms with van der Waals surface area (Å²) in [6.07, 6.45) is 3.90. The van der Waals surface area contributed by atoms with Crippen molar-refractivity contribution >= 4 is 34.9 Å². The Kier molecular flexibility index (Phi) is 6.58. The normalized spacial score (nSPS) is 14.5. The number of carbonyl (C=O) groups is 2. The fourth-order valence-corrected chi connectivity index (χ4v) is 3.12. The zero-order chi connectivity index (χ0) is 19.4. The maximum absolute atomic E-state index is 14.4. The van der Waals surface area contributed by atoms with E-state index in [-0.39, 0.29) is 40.6 Å². The molecule has 6 nitrogen and oxygen atoms in total. The van der Waals surface area contributed by atoms with Gasteiger partial charge in [-0.1, -0.05) is 25.4 Å². The number of halogens is 2. The molecule has 1 aromatic rings. The van der Waals surface area contributed by atoms with E-state index >= 15 is 0 Å². The zero-order valence-electron chi connectivity index (χ0n) is 14.9. The molecule has 3 N–H and O–H groups in total. The number of amides is 3. The lowest BCUT2D eigenvalue weighted by Gasteiger charge is -2.22. The van der Waals surface area contributed by atoms with Gasteiger partial charge in [-0.05, 0) is 44.1 Å². The van der Waals surface area contributed by atoms with Crippen molar-refractivity contribution in [3.05, 3.63) is 23.0 Å². The lowest BCUT2D eigenvalue weighted by Crippen LogP contribution is -2.45. The fourth-order valence-electron chi connectivity index (χ4n) is 2.92. The number of hydrogen-bond donors (Lipinski definition) is 2. The van der Waals surface area contributed by atoms with Crippen LogP contribution in [0.4, 0.5) is 14.9 Å². The Labute approximate surface area is 156 Å². The molecule has 1 fully saturated rings. The smallest absolute Gasteiger partial charge is 0.326 e. The molecular weight excluding hydrogens is 361 g/mol. The van der Waals surface area contributed by atoms with E-state index < -0.39 is 17.8 Å². The maximum atomic E-state index is 14.4. The third kappa shape index (κ3) is 4.72. The molecular formula is C18H23ClFN3O3. The first-order valence-electron chi connectivity index (χ1n) is 8.57. The number of carbonyl (C=O) groups excluding carboxylic acids is 2. The van der Waals surface area contributed by atoms with E-state index in [0.29, 0.717) is 4.90 Å². The van der Waals surface area contributed by atoms with Crippen LogP contribution in [0, 0.1) is 17.1 Å². The molecule has 0 atom stereocenters. The number of primary amides is 1. The molecule has 0 aromatic heterocycles. The first-order valence-corrected chi connectivity index (χ1v) is 8.95. The molecule has 142 valence electrons. The second-order valence-corrected chi connectivity index (χ2v) is 7.22. The highest BCUT2D eigenvalue weighted by Gasteiger charge is 2.29. The average molecular weight is 384 g/mol. The van der Waals surface area contributed by atoms with E-state index in [1.807, 2.05) is 13.8 Å². The lowest BCUT2D eigenvalue weighted by atomic mass is 10.1. The minimum Gasteiger partial charge on any atom is -0.489 e. The maximum Gasteiger partial charge on any atom is 0.326 e. The Balaban J connectivity index is 2.36. The summed E-state index contributed by atoms with van der Waals surface area (Å²) in [4.78, 5) is 24.7. The van der Waals surface area contributed by atoms with Crippen LogP contribution in [0.3, 0.4) is 0 Å². The number of nitrogens with zero attached hydrogens (tertiary/aromatic N) is 1. The number of anilines is 1. The molecule has 1 saturated carbocycles. The summed E-state index contributed by atoms with van der Waals surface area (Å²) in [6, 6.07) is 1.01. The van der Waals surface area contributed by atoms with E-state index in [4.69, 9.17) is 27.5 Å². The highest BCUT2D eigenvalue weighted by molar-refractivity contribution is 6.47. The van der Waals surface area contributed by atoms with Crippen LogP contribution in [0.2, 0.25) is 5.02 Å². The summed E-state index contributed by atoms with van der Waals surface area (Å²) < 4.78 is 20.2. The first kappa shape index (κ1) is 20.2. The topological polar surface area (TPSA) is 96.5 Å². The van der Waals surface area contributed by atoms with Gasteiger partial charge < -0.3 is 10.5 Å². The number of nitrogens with one attached hydrogen (secondary N) is 1. The van der Waals surface area contributed by atoms with Crippen LogP contribution >= 0.6 is 11.6 Å². The third-order valence-corrected chi connectivity index (χ3v) is 4.43. The molecule has 3 amide bonds. The van der Waals surface area contributed by atoms with Gasteiger partial charge in [0, 0.05) is 6.07 Å². The van der Waals surface area contributed by atoms with Crippen LogP contribution in [-0.4, -0.2) is 23.8 Å². The van der Waals surface area contributed by atoms with Gasteiger partial charge in [-0.3, -0.25) is 10.2 Å². The zero-order valence-corrected chi connectivity index (χ0v) is 15.6. The molecule has 0 saturated heterocycles. The first-order chi connectivity index (χ1) is 12.2. The van der Waals surface area contributed by atoms with Gasteiger partial charge in [-0.15, -0.1) is 0 Å². The second-order valence-electron chi connectivity index (χ2n) is 6.81. The number of nitrogens with two attached hydrogens (primary N) is 1. The van der Waals surface area contributed by atoms with Crippen LogP contribution in [0.25, 0.3) is 0 Å². The summed E-state index contributed by atoms with van der Waals surface area (Å²) in [6.45, 7) is 3.65. The van der Waals surface area contributed by atoms with Gasteiger partial charge in [-0.25, -0.2) is 14.1 Å². The van der Waals surface area contributed by atoms with Gasteiger partial charge in [0.05, 0.1) is 22.5 Å². The molecule has 0 heterocycles. The molecule has 26 heavy (non-hydrogen) atoms. The van der Waals surface area contributed by atoms with Gasteiger partial charge in [0.1, 0.15) is 11.6 Å². The molecule has 2 rings (SSSR count). The lowest BCUT2D eigenvalue weighted by molar-refractivity contribution is -0.112. The predicted molar refractivity (Wildman–Crippen MR) is 98.5 cm³/mol. The van der Waals surface area contributed by atoms with Crippen LogP contribution in [0.15, 0.2) is 12.1 Å². The van der Waals surface area contributed by atoms with Gasteiger partial charge in [0.15, 0.2) is 0 Å². The third-order valence-electron chi connectivity index (χ3n) is 4.13. The Morgan fingerprint density at radius 2 is 2.00 bits per heavy atom. The minimum absolute atomic E-state index is 0.0255. The average Bonchev–Trinajstić information content (AvgIpc) is 3.03. The van der Waals surface area contributed by atoms with Crippen molar-refractivity contribution in [2.45, 2.75) is 52.1 Å². The Morgan fingerprint density at radius 3 is 2.54 bits per heavy atom. The van der Waals surface area contributed by atoms with Gasteiger partial charge in [0.2, 0.25) is 0 Å². The minimum atomic E-state index is -1.17. The number of rotatable bonds is 6. The molecule has 1 aromatic carbocycles. The monoisotopic (exact) mass is 383 g/mol. The molecule has 1 aliphatic carbocycles. The molecule has 8 heteroatoms. The summed E-state index contributed by atoms with van der Waals surface area (Å²) in [5.74, 6) is -1.64. The highest BCUT2D eigenvalue weighted by atomic mass is 35.5. The fraction of sp³-hybridized carbons (Fsp3) is 0.500. The number of benzene rings is 1. The number of hydrogen-bond acceptors (Lipinski definition) is 4. The molecule has 0 aliphatic heterocycles. The summed E-state index contributed by atoms with van der Waals surface area (Å²) >= 11 is 6.05. The van der Waals surface area contributed by atoms with Crippen LogP contribution in [-0.2, 0) is 4.79 Å². The quantitative estimate of drug-likeness (QED) is 0.717. The van der Waals surface area contributed by atoms with Crippen molar-refractivity contribution in [1.82, 2.24) is 0 Å². The van der Waals surface area contributed by atoms with Gasteiger partial charge >= 0.3 is 6.03 Å². The van der Waals surface area contributed by atoms with Crippen molar-refractivity contribution in [2.24, 2.45) is 11.7 Å². The predicted octanol–water partition coefficient (Wildman–Crippen LogP) is 4.28. The van der Waals surface area contributed by atoms with Crippen LogP contribution in [0.1, 0.15) is 46.0 Å². The molecule has 0 radical (unpaired) electrons. The number of urea groups is 1. The molecule has 0 bridgehead atoms. The molecule has 1 aliphatic rings. The van der Waals surface area contributed by atoms with Crippen molar-refractivity contribution < 1.29 is 18.7 Å². The largest absolute Gasteiger partial charge is 0.489 e. The van der Waals surface area contributed by atoms with Crippen LogP contribution < -0.4 is 15.4 Å². The van der Waals surface area contributed by atoms with Crippen molar-refractivity contribution in [2.75, 3.05) is 4.90 Å². The van der Waals surface area contributed by atoms with E-state index in [1.165, 1.54) is 6.07 Å². The van der Waals surface area contributed by atoms with Crippen LogP contribution in [0.5, 0.6) is 5.75 Å². The molecule has 0 spiro atoms. The van der Waals surface area contributed by atoms with E-state index in [1.54, 1.807) is 0 Å². The van der Waals surface area contributed by atoms with Crippen molar-refractivity contribution in [3.8, 4) is 5.75 Å². The number of ether oxygens (including phenoxy) is 1. The van der Waals surface area contributed by atoms with Gasteiger partial charge in [0.25, 0.3) is 5.91 Å². The summed E-state index contributed by atoms with van der Waals surface area (Å²) in [5.41, 5.74) is 4.59. The summed E-state index contributed by atoms with van der Waals surface area (Å²) in [5, 5.41) is 7.92. The second kappa shape index (κ2) is 8.49. The van der Waals surface area contributed by atoms with E-state index in [0.717, 1.165) is 31.7 Å². The van der Waals surface area contributed by atoms with Crippen molar-refractivity contribution in [3.63, 3.8) is 0 Å². The van der Waals surface area contributed by atoms with Crippen molar-refractivity contribution in [1.29, 1.82) is 5.41 Å². The van der Waals surface area contributed by atoms with E-state index in [2.05, 4.69) is 0 Å². The standard InChI is InChI=1S/C18H23ClFN3O3/c1-10(2)7-14(21)17(24)23(18(22)25)15-9-16(12(19)8-13(15)20)26-11-5-3-4-6-11/h8-11,21H,3-7H2,1-2H3,(H2,22,25). The molecule has 0 unspecified atom stereocenters. The van der Waals surface area contributed by atoms with E-state index in [9.17, 15) is 14.0 Å². The Hall–Kier alpha value is -2.15. The SMILES string of the molecule is CC(C)CC(=N)C(=O)N(C(N)=O)c1cc(OC2CCCC2)c(Cl)cc1F. The van der Waals surface area contributed by atoms with Gasteiger partial charge in [-0.2, -0.15) is 0 Å².